The van der Waals surface area contributed by atoms with E-state index in [4.69, 9.17) is 10.5 Å². The first kappa shape index (κ1) is 9.45. The molecule has 2 N–H and O–H groups in total. The number of carbonyl (C=O) groups excluding carboxylic acids is 1. The molecule has 0 aliphatic rings. The van der Waals surface area contributed by atoms with Gasteiger partial charge in [0.1, 0.15) is 11.3 Å². The summed E-state index contributed by atoms with van der Waals surface area (Å²) in [5, 5.41) is 0.788. The molecule has 4 heteroatoms. The highest BCUT2D eigenvalue weighted by Crippen LogP contribution is 2.27. The largest absolute Gasteiger partial charge is 0.495 e. The second kappa shape index (κ2) is 3.57. The maximum atomic E-state index is 11.1. The fourth-order valence-corrected chi connectivity index (χ4v) is 1.51. The van der Waals surface area contributed by atoms with E-state index in [2.05, 4.69) is 4.98 Å². The number of nitrogens with two attached hydrogens (primary N) is 1. The van der Waals surface area contributed by atoms with Crippen molar-refractivity contribution in [1.29, 1.82) is 0 Å². The molecule has 0 fully saturated rings. The van der Waals surface area contributed by atoms with E-state index in [0.717, 1.165) is 10.9 Å². The molecular formula is C11H10N2O2. The topological polar surface area (TPSA) is 65.2 Å². The van der Waals surface area contributed by atoms with E-state index in [-0.39, 0.29) is 0 Å². The van der Waals surface area contributed by atoms with Gasteiger partial charge in [0.15, 0.2) is 0 Å². The van der Waals surface area contributed by atoms with Gasteiger partial charge in [-0.15, -0.1) is 0 Å². The lowest BCUT2D eigenvalue weighted by molar-refractivity contribution is 0.0997. The molecule has 0 bridgehead atoms. The maximum Gasteiger partial charge on any atom is 0.254 e. The minimum absolute atomic E-state index is 0.302. The van der Waals surface area contributed by atoms with E-state index in [1.165, 1.54) is 13.3 Å². The van der Waals surface area contributed by atoms with Crippen LogP contribution in [0, 0.1) is 0 Å². The first-order valence-corrected chi connectivity index (χ1v) is 4.45. The quantitative estimate of drug-likeness (QED) is 0.799. The van der Waals surface area contributed by atoms with Crippen molar-refractivity contribution in [3.8, 4) is 5.75 Å². The molecule has 1 aromatic carbocycles. The number of nitrogens with zero attached hydrogens (tertiary/aromatic N) is 1. The lowest BCUT2D eigenvalue weighted by atomic mass is 10.1. The Kier molecular flexibility index (Phi) is 2.25. The van der Waals surface area contributed by atoms with Gasteiger partial charge in [0, 0.05) is 11.6 Å². The van der Waals surface area contributed by atoms with E-state index in [0.29, 0.717) is 11.3 Å². The number of primary amides is 1. The summed E-state index contributed by atoms with van der Waals surface area (Å²) in [5.41, 5.74) is 6.30. The molecule has 1 aromatic heterocycles. The summed E-state index contributed by atoms with van der Waals surface area (Å²) in [5.74, 6) is -0.0572. The van der Waals surface area contributed by atoms with Crippen molar-refractivity contribution in [2.45, 2.75) is 0 Å². The summed E-state index contributed by atoms with van der Waals surface area (Å²) in [6.45, 7) is 0. The lowest BCUT2D eigenvalue weighted by Crippen LogP contribution is -2.13. The summed E-state index contributed by atoms with van der Waals surface area (Å²) in [6.07, 6.45) is 1.43. The molecule has 1 heterocycles. The third-order valence-corrected chi connectivity index (χ3v) is 2.20. The van der Waals surface area contributed by atoms with Crippen molar-refractivity contribution in [2.24, 2.45) is 5.73 Å². The highest BCUT2D eigenvalue weighted by molar-refractivity contribution is 6.01. The van der Waals surface area contributed by atoms with Crippen molar-refractivity contribution >= 4 is 16.8 Å². The molecule has 0 atom stereocenters. The Hall–Kier alpha value is -2.10. The smallest absolute Gasteiger partial charge is 0.254 e. The van der Waals surface area contributed by atoms with Crippen LogP contribution < -0.4 is 10.5 Å². The van der Waals surface area contributed by atoms with Crippen LogP contribution in [0.5, 0.6) is 5.75 Å². The van der Waals surface area contributed by atoms with Gasteiger partial charge in [0.25, 0.3) is 5.91 Å². The predicted octanol–water partition coefficient (Wildman–Crippen LogP) is 1.34. The Morgan fingerprint density at radius 3 is 2.80 bits per heavy atom. The number of para-hydroxylation sites is 1. The number of hydrogen-bond donors (Lipinski definition) is 1. The molecule has 15 heavy (non-hydrogen) atoms. The molecular weight excluding hydrogens is 192 g/mol. The van der Waals surface area contributed by atoms with Crippen LogP contribution in [0.4, 0.5) is 0 Å². The second-order valence-electron chi connectivity index (χ2n) is 3.09. The molecule has 0 saturated heterocycles. The number of ether oxygens (including phenoxy) is 1. The number of hydrogen-bond acceptors (Lipinski definition) is 3. The highest BCUT2D eigenvalue weighted by Gasteiger charge is 2.12. The lowest BCUT2D eigenvalue weighted by Gasteiger charge is -2.08. The Balaban J connectivity index is 2.81. The Morgan fingerprint density at radius 2 is 2.13 bits per heavy atom. The number of amides is 1. The Labute approximate surface area is 86.7 Å². The average molecular weight is 202 g/mol. The van der Waals surface area contributed by atoms with E-state index >= 15 is 0 Å². The molecule has 2 rings (SSSR count). The molecule has 2 aromatic rings. The third-order valence-electron chi connectivity index (χ3n) is 2.20. The molecule has 4 nitrogen and oxygen atoms in total. The summed E-state index contributed by atoms with van der Waals surface area (Å²) < 4.78 is 5.18. The standard InChI is InChI=1S/C11H10N2O2/c1-15-10-7-4-2-3-5-9(7)13-6-8(10)11(12)14/h2-6H,1H3,(H2,12,14). The van der Waals surface area contributed by atoms with Crippen LogP contribution in [0.2, 0.25) is 0 Å². The highest BCUT2D eigenvalue weighted by atomic mass is 16.5. The summed E-state index contributed by atoms with van der Waals surface area (Å²) in [7, 11) is 1.51. The number of benzene rings is 1. The average Bonchev–Trinajstić information content (AvgIpc) is 2.27. The van der Waals surface area contributed by atoms with Gasteiger partial charge in [-0.2, -0.15) is 0 Å². The minimum Gasteiger partial charge on any atom is -0.495 e. The maximum absolute atomic E-state index is 11.1. The van der Waals surface area contributed by atoms with Gasteiger partial charge in [-0.3, -0.25) is 9.78 Å². The number of pyridine rings is 1. The van der Waals surface area contributed by atoms with Gasteiger partial charge in [0.05, 0.1) is 12.6 Å². The van der Waals surface area contributed by atoms with Gasteiger partial charge >= 0.3 is 0 Å². The van der Waals surface area contributed by atoms with Crippen LogP contribution in [-0.4, -0.2) is 18.0 Å². The molecule has 0 saturated carbocycles. The third kappa shape index (κ3) is 1.50. The van der Waals surface area contributed by atoms with E-state index in [1.807, 2.05) is 24.3 Å². The number of methoxy groups -OCH3 is 1. The van der Waals surface area contributed by atoms with E-state index < -0.39 is 5.91 Å². The second-order valence-corrected chi connectivity index (χ2v) is 3.09. The van der Waals surface area contributed by atoms with Crippen molar-refractivity contribution in [3.05, 3.63) is 36.0 Å². The number of rotatable bonds is 2. The van der Waals surface area contributed by atoms with Gasteiger partial charge in [0.2, 0.25) is 0 Å². The number of aromatic nitrogens is 1. The van der Waals surface area contributed by atoms with Crippen LogP contribution in [-0.2, 0) is 0 Å². The summed E-state index contributed by atoms with van der Waals surface area (Å²) in [4.78, 5) is 15.3. The van der Waals surface area contributed by atoms with E-state index in [9.17, 15) is 4.79 Å². The zero-order chi connectivity index (χ0) is 10.8. The van der Waals surface area contributed by atoms with Crippen molar-refractivity contribution in [3.63, 3.8) is 0 Å². The number of carbonyl (C=O) groups is 1. The molecule has 0 radical (unpaired) electrons. The first-order chi connectivity index (χ1) is 7.24. The van der Waals surface area contributed by atoms with Crippen molar-refractivity contribution in [2.75, 3.05) is 7.11 Å². The minimum atomic E-state index is -0.537. The van der Waals surface area contributed by atoms with E-state index in [1.54, 1.807) is 0 Å². The SMILES string of the molecule is COc1c(C(N)=O)cnc2ccccc12. The Morgan fingerprint density at radius 1 is 1.40 bits per heavy atom. The molecule has 76 valence electrons. The van der Waals surface area contributed by atoms with Crippen molar-refractivity contribution < 1.29 is 9.53 Å². The van der Waals surface area contributed by atoms with Gasteiger partial charge < -0.3 is 10.5 Å². The normalized spacial score (nSPS) is 10.2. The van der Waals surface area contributed by atoms with Crippen LogP contribution in [0.25, 0.3) is 10.9 Å². The van der Waals surface area contributed by atoms with Gasteiger partial charge in [-0.25, -0.2) is 0 Å². The first-order valence-electron chi connectivity index (χ1n) is 4.45. The zero-order valence-electron chi connectivity index (χ0n) is 8.23. The van der Waals surface area contributed by atoms with Crippen LogP contribution in [0.15, 0.2) is 30.5 Å². The van der Waals surface area contributed by atoms with Crippen LogP contribution in [0.1, 0.15) is 10.4 Å². The molecule has 0 aliphatic heterocycles. The fourth-order valence-electron chi connectivity index (χ4n) is 1.51. The van der Waals surface area contributed by atoms with Crippen LogP contribution >= 0.6 is 0 Å². The van der Waals surface area contributed by atoms with Crippen LogP contribution in [0.3, 0.4) is 0 Å². The Bertz CT molecular complexity index is 523. The molecule has 1 amide bonds. The van der Waals surface area contributed by atoms with Gasteiger partial charge in [-0.05, 0) is 12.1 Å². The number of fused-ring (bicyclic) bond motifs is 1. The monoisotopic (exact) mass is 202 g/mol. The summed E-state index contributed by atoms with van der Waals surface area (Å²) >= 11 is 0. The summed E-state index contributed by atoms with van der Waals surface area (Å²) in [6, 6.07) is 7.42. The molecule has 0 spiro atoms. The van der Waals surface area contributed by atoms with Gasteiger partial charge in [-0.1, -0.05) is 12.1 Å². The fraction of sp³-hybridized carbons (Fsp3) is 0.0909. The molecule has 0 unspecified atom stereocenters. The molecule has 0 aliphatic carbocycles. The zero-order valence-corrected chi connectivity index (χ0v) is 8.23. The predicted molar refractivity (Wildman–Crippen MR) is 56.8 cm³/mol. The van der Waals surface area contributed by atoms with Crippen molar-refractivity contribution in [1.82, 2.24) is 4.98 Å².